The molecular weight excluding hydrogens is 319 g/mol. The van der Waals surface area contributed by atoms with E-state index < -0.39 is 11.8 Å². The number of likely N-dealkylation sites (N-methyl/N-ethyl adjacent to an activating group) is 1. The molecule has 0 aromatic heterocycles. The molecule has 0 saturated carbocycles. The third kappa shape index (κ3) is 4.66. The maximum absolute atomic E-state index is 13.3. The van der Waals surface area contributed by atoms with Gasteiger partial charge in [0.2, 0.25) is 0 Å². The summed E-state index contributed by atoms with van der Waals surface area (Å²) in [5.74, 6) is -1.17. The molecule has 6 heteroatoms. The quantitative estimate of drug-likeness (QED) is 0.860. The van der Waals surface area contributed by atoms with E-state index in [1.54, 1.807) is 12.1 Å². The SMILES string of the molecule is CCN(CC(=O)O)C1CCN(C(C)c2ccc(F)c(Cl)c2)CC1. The smallest absolute Gasteiger partial charge is 0.317 e. The average molecular weight is 343 g/mol. The van der Waals surface area contributed by atoms with Gasteiger partial charge in [0.05, 0.1) is 11.6 Å². The summed E-state index contributed by atoms with van der Waals surface area (Å²) in [5, 5.41) is 9.14. The number of likely N-dealkylation sites (tertiary alicyclic amines) is 1. The Balaban J connectivity index is 1.95. The molecule has 23 heavy (non-hydrogen) atoms. The fourth-order valence-electron chi connectivity index (χ4n) is 3.29. The van der Waals surface area contributed by atoms with Crippen LogP contribution in [0.3, 0.4) is 0 Å². The van der Waals surface area contributed by atoms with Crippen LogP contribution in [0.15, 0.2) is 18.2 Å². The van der Waals surface area contributed by atoms with Crippen molar-refractivity contribution >= 4 is 17.6 Å². The number of carbonyl (C=O) groups is 1. The van der Waals surface area contributed by atoms with Gasteiger partial charge in [0, 0.05) is 25.2 Å². The molecule has 1 N–H and O–H groups in total. The van der Waals surface area contributed by atoms with Crippen LogP contribution < -0.4 is 0 Å². The maximum Gasteiger partial charge on any atom is 0.317 e. The second kappa shape index (κ2) is 8.08. The van der Waals surface area contributed by atoms with Crippen LogP contribution in [-0.2, 0) is 4.79 Å². The van der Waals surface area contributed by atoms with Crippen LogP contribution >= 0.6 is 11.6 Å². The molecule has 0 amide bonds. The first-order valence-electron chi connectivity index (χ1n) is 8.07. The number of benzene rings is 1. The third-order valence-corrected chi connectivity index (χ3v) is 5.02. The molecule has 128 valence electrons. The summed E-state index contributed by atoms with van der Waals surface area (Å²) in [7, 11) is 0. The molecule has 2 rings (SSSR count). The number of hydrogen-bond acceptors (Lipinski definition) is 3. The second-order valence-corrected chi connectivity index (χ2v) is 6.48. The van der Waals surface area contributed by atoms with Crippen LogP contribution in [0, 0.1) is 5.82 Å². The Labute approximate surface area is 141 Å². The largest absolute Gasteiger partial charge is 0.480 e. The molecule has 0 spiro atoms. The molecule has 1 aromatic carbocycles. The Hall–Kier alpha value is -1.17. The molecule has 1 heterocycles. The van der Waals surface area contributed by atoms with Crippen molar-refractivity contribution in [2.45, 2.75) is 38.8 Å². The predicted molar refractivity (Wildman–Crippen MR) is 89.3 cm³/mol. The number of halogens is 2. The Kier molecular flexibility index (Phi) is 6.39. The highest BCUT2D eigenvalue weighted by atomic mass is 35.5. The summed E-state index contributed by atoms with van der Waals surface area (Å²) < 4.78 is 13.3. The highest BCUT2D eigenvalue weighted by molar-refractivity contribution is 6.30. The van der Waals surface area contributed by atoms with Crippen LogP contribution in [0.2, 0.25) is 5.02 Å². The summed E-state index contributed by atoms with van der Waals surface area (Å²) in [6, 6.07) is 5.36. The van der Waals surface area contributed by atoms with E-state index in [-0.39, 0.29) is 17.6 Å². The van der Waals surface area contributed by atoms with Crippen LogP contribution in [0.25, 0.3) is 0 Å². The van der Waals surface area contributed by atoms with Gasteiger partial charge in [-0.3, -0.25) is 14.6 Å². The van der Waals surface area contributed by atoms with Gasteiger partial charge in [-0.25, -0.2) is 4.39 Å². The molecule has 1 unspecified atom stereocenters. The topological polar surface area (TPSA) is 43.8 Å². The third-order valence-electron chi connectivity index (χ3n) is 4.73. The van der Waals surface area contributed by atoms with Crippen molar-refractivity contribution in [2.75, 3.05) is 26.2 Å². The first kappa shape index (κ1) is 18.2. The Bertz CT molecular complexity index is 547. The summed E-state index contributed by atoms with van der Waals surface area (Å²) in [6.07, 6.45) is 1.89. The highest BCUT2D eigenvalue weighted by Crippen LogP contribution is 2.28. The summed E-state index contributed by atoms with van der Waals surface area (Å²) in [5.41, 5.74) is 1.01. The van der Waals surface area contributed by atoms with E-state index in [0.29, 0.717) is 6.04 Å². The molecule has 1 atom stereocenters. The van der Waals surface area contributed by atoms with E-state index in [0.717, 1.165) is 38.0 Å². The van der Waals surface area contributed by atoms with Gasteiger partial charge in [0.15, 0.2) is 0 Å². The summed E-state index contributed by atoms with van der Waals surface area (Å²) >= 11 is 5.87. The summed E-state index contributed by atoms with van der Waals surface area (Å²) in [4.78, 5) is 15.3. The lowest BCUT2D eigenvalue weighted by Gasteiger charge is -2.40. The number of rotatable bonds is 6. The lowest BCUT2D eigenvalue weighted by molar-refractivity contribution is -0.139. The molecule has 0 aliphatic carbocycles. The number of hydrogen-bond donors (Lipinski definition) is 1. The van der Waals surface area contributed by atoms with Crippen molar-refractivity contribution in [3.63, 3.8) is 0 Å². The fourth-order valence-corrected chi connectivity index (χ4v) is 3.48. The molecule has 1 fully saturated rings. The highest BCUT2D eigenvalue weighted by Gasteiger charge is 2.27. The number of aliphatic carboxylic acids is 1. The van der Waals surface area contributed by atoms with Gasteiger partial charge in [-0.2, -0.15) is 0 Å². The van der Waals surface area contributed by atoms with Gasteiger partial charge in [0.25, 0.3) is 0 Å². The second-order valence-electron chi connectivity index (χ2n) is 6.07. The van der Waals surface area contributed by atoms with Crippen LogP contribution in [0.4, 0.5) is 4.39 Å². The zero-order valence-electron chi connectivity index (χ0n) is 13.6. The van der Waals surface area contributed by atoms with Crippen LogP contribution in [0.1, 0.15) is 38.3 Å². The van der Waals surface area contributed by atoms with Crippen molar-refractivity contribution < 1.29 is 14.3 Å². The van der Waals surface area contributed by atoms with E-state index in [1.165, 1.54) is 6.07 Å². The normalized spacial score (nSPS) is 18.3. The minimum absolute atomic E-state index is 0.101. The van der Waals surface area contributed by atoms with Gasteiger partial charge < -0.3 is 5.11 Å². The Morgan fingerprint density at radius 1 is 1.48 bits per heavy atom. The molecule has 4 nitrogen and oxygen atoms in total. The van der Waals surface area contributed by atoms with Gasteiger partial charge >= 0.3 is 5.97 Å². The molecule has 0 radical (unpaired) electrons. The minimum atomic E-state index is -0.774. The van der Waals surface area contributed by atoms with Crippen molar-refractivity contribution in [3.05, 3.63) is 34.6 Å². The predicted octanol–water partition coefficient (Wildman–Crippen LogP) is 3.41. The number of nitrogens with zero attached hydrogens (tertiary/aromatic N) is 2. The Morgan fingerprint density at radius 2 is 2.13 bits per heavy atom. The van der Waals surface area contributed by atoms with Crippen LogP contribution in [0.5, 0.6) is 0 Å². The van der Waals surface area contributed by atoms with E-state index in [1.807, 2.05) is 11.8 Å². The molecule has 1 aliphatic rings. The molecule has 1 aromatic rings. The standard InChI is InChI=1S/C17H24ClFN2O2/c1-3-20(11-17(22)23)14-6-8-21(9-7-14)12(2)13-4-5-16(19)15(18)10-13/h4-5,10,12,14H,3,6-9,11H2,1-2H3,(H,22,23). The first-order valence-corrected chi connectivity index (χ1v) is 8.45. The maximum atomic E-state index is 13.3. The van der Waals surface area contributed by atoms with Gasteiger partial charge in [0.1, 0.15) is 5.82 Å². The lowest BCUT2D eigenvalue weighted by atomic mass is 9.99. The zero-order chi connectivity index (χ0) is 17.0. The van der Waals surface area contributed by atoms with Crippen molar-refractivity contribution in [3.8, 4) is 0 Å². The van der Waals surface area contributed by atoms with Gasteiger partial charge in [-0.05, 0) is 44.0 Å². The monoisotopic (exact) mass is 342 g/mol. The van der Waals surface area contributed by atoms with E-state index in [9.17, 15) is 9.18 Å². The minimum Gasteiger partial charge on any atom is -0.480 e. The molecular formula is C17H24ClFN2O2. The number of carboxylic acids is 1. The summed E-state index contributed by atoms with van der Waals surface area (Å²) in [6.45, 7) is 6.75. The van der Waals surface area contributed by atoms with E-state index in [4.69, 9.17) is 16.7 Å². The van der Waals surface area contributed by atoms with Crippen molar-refractivity contribution in [1.82, 2.24) is 9.80 Å². The molecule has 0 bridgehead atoms. The molecule has 1 saturated heterocycles. The zero-order valence-corrected chi connectivity index (χ0v) is 14.4. The van der Waals surface area contributed by atoms with E-state index in [2.05, 4.69) is 11.8 Å². The van der Waals surface area contributed by atoms with Crippen molar-refractivity contribution in [2.24, 2.45) is 0 Å². The van der Waals surface area contributed by atoms with Crippen molar-refractivity contribution in [1.29, 1.82) is 0 Å². The number of piperidine rings is 1. The first-order chi connectivity index (χ1) is 10.9. The average Bonchev–Trinajstić information content (AvgIpc) is 2.54. The van der Waals surface area contributed by atoms with E-state index >= 15 is 0 Å². The van der Waals surface area contributed by atoms with Gasteiger partial charge in [-0.15, -0.1) is 0 Å². The molecule has 1 aliphatic heterocycles. The van der Waals surface area contributed by atoms with Crippen LogP contribution in [-0.4, -0.2) is 53.1 Å². The number of carboxylic acid groups (broad SMARTS) is 1. The lowest BCUT2D eigenvalue weighted by Crippen LogP contribution is -2.47. The Morgan fingerprint density at radius 3 is 2.65 bits per heavy atom. The fraction of sp³-hybridized carbons (Fsp3) is 0.588. The van der Waals surface area contributed by atoms with Gasteiger partial charge in [-0.1, -0.05) is 24.6 Å².